The van der Waals surface area contributed by atoms with Crippen LogP contribution in [0.4, 0.5) is 0 Å². The molecule has 0 spiro atoms. The Hall–Kier alpha value is -1.75. The van der Waals surface area contributed by atoms with Crippen molar-refractivity contribution in [1.29, 1.82) is 0 Å². The maximum atomic E-state index is 11.9. The van der Waals surface area contributed by atoms with E-state index in [0.29, 0.717) is 6.54 Å². The van der Waals surface area contributed by atoms with Gasteiger partial charge in [-0.05, 0) is 13.0 Å². The van der Waals surface area contributed by atoms with Crippen molar-refractivity contribution in [1.82, 2.24) is 4.57 Å². The maximum Gasteiger partial charge on any atom is 0.313 e. The van der Waals surface area contributed by atoms with Gasteiger partial charge in [-0.1, -0.05) is 18.2 Å². The SMILES string of the molecule is CCn1c(=O)cc(SCC(=O)O)c2ccccc21. The average molecular weight is 263 g/mol. The molecule has 0 saturated carbocycles. The van der Waals surface area contributed by atoms with E-state index in [1.807, 2.05) is 31.2 Å². The molecule has 0 saturated heterocycles. The molecule has 0 unspecified atom stereocenters. The summed E-state index contributed by atoms with van der Waals surface area (Å²) in [7, 11) is 0. The number of para-hydroxylation sites is 1. The molecular weight excluding hydrogens is 250 g/mol. The van der Waals surface area contributed by atoms with Crippen LogP contribution in [-0.2, 0) is 11.3 Å². The summed E-state index contributed by atoms with van der Waals surface area (Å²) >= 11 is 1.18. The van der Waals surface area contributed by atoms with Crippen LogP contribution in [0.5, 0.6) is 0 Å². The monoisotopic (exact) mass is 263 g/mol. The highest BCUT2D eigenvalue weighted by atomic mass is 32.2. The van der Waals surface area contributed by atoms with Gasteiger partial charge in [-0.3, -0.25) is 9.59 Å². The number of carbonyl (C=O) groups is 1. The number of nitrogens with zero attached hydrogens (tertiary/aromatic N) is 1. The van der Waals surface area contributed by atoms with E-state index in [4.69, 9.17) is 5.11 Å². The summed E-state index contributed by atoms with van der Waals surface area (Å²) in [5.41, 5.74) is 0.754. The molecule has 0 aliphatic carbocycles. The minimum atomic E-state index is -0.885. The predicted octanol–water partition coefficient (Wildman–Crippen LogP) is 2.20. The lowest BCUT2D eigenvalue weighted by Crippen LogP contribution is -2.19. The zero-order valence-corrected chi connectivity index (χ0v) is 10.7. The Bertz CT molecular complexity index is 648. The number of aryl methyl sites for hydroxylation is 1. The second-order valence-corrected chi connectivity index (χ2v) is 4.81. The largest absolute Gasteiger partial charge is 0.481 e. The molecule has 1 heterocycles. The predicted molar refractivity (Wildman–Crippen MR) is 72.2 cm³/mol. The molecule has 18 heavy (non-hydrogen) atoms. The Morgan fingerprint density at radius 1 is 1.39 bits per heavy atom. The van der Waals surface area contributed by atoms with E-state index < -0.39 is 5.97 Å². The molecule has 1 aromatic carbocycles. The molecule has 0 fully saturated rings. The van der Waals surface area contributed by atoms with E-state index in [0.717, 1.165) is 15.8 Å². The minimum absolute atomic E-state index is 0.0421. The van der Waals surface area contributed by atoms with Gasteiger partial charge < -0.3 is 9.67 Å². The number of carboxylic acid groups (broad SMARTS) is 1. The standard InChI is InChI=1S/C13H13NO3S/c1-2-14-10-6-4-3-5-9(10)11(7-12(14)15)18-8-13(16)17/h3-7H,2,8H2,1H3,(H,16,17). The van der Waals surface area contributed by atoms with E-state index in [2.05, 4.69) is 0 Å². The van der Waals surface area contributed by atoms with Crippen LogP contribution in [0.15, 0.2) is 40.0 Å². The van der Waals surface area contributed by atoms with Crippen LogP contribution in [0.2, 0.25) is 0 Å². The number of pyridine rings is 1. The number of fused-ring (bicyclic) bond motifs is 1. The summed E-state index contributed by atoms with van der Waals surface area (Å²) in [6, 6.07) is 9.06. The molecule has 0 aliphatic rings. The summed E-state index contributed by atoms with van der Waals surface area (Å²) in [6.07, 6.45) is 0. The van der Waals surface area contributed by atoms with Crippen molar-refractivity contribution in [3.8, 4) is 0 Å². The van der Waals surface area contributed by atoms with Crippen LogP contribution in [0.25, 0.3) is 10.9 Å². The number of hydrogen-bond acceptors (Lipinski definition) is 3. The molecule has 94 valence electrons. The van der Waals surface area contributed by atoms with Crippen LogP contribution < -0.4 is 5.56 Å². The fraction of sp³-hybridized carbons (Fsp3) is 0.231. The van der Waals surface area contributed by atoms with Gasteiger partial charge in [0.2, 0.25) is 0 Å². The van der Waals surface area contributed by atoms with E-state index in [9.17, 15) is 9.59 Å². The fourth-order valence-electron chi connectivity index (χ4n) is 1.89. The van der Waals surface area contributed by atoms with E-state index in [1.54, 1.807) is 4.57 Å². The van der Waals surface area contributed by atoms with Crippen LogP contribution in [-0.4, -0.2) is 21.4 Å². The Labute approximate surface area is 108 Å². The highest BCUT2D eigenvalue weighted by molar-refractivity contribution is 8.00. The molecule has 0 atom stereocenters. The smallest absolute Gasteiger partial charge is 0.313 e. The van der Waals surface area contributed by atoms with E-state index in [-0.39, 0.29) is 11.3 Å². The number of thioether (sulfide) groups is 1. The molecule has 1 N–H and O–H groups in total. The van der Waals surface area contributed by atoms with Crippen molar-refractivity contribution in [3.63, 3.8) is 0 Å². The van der Waals surface area contributed by atoms with Gasteiger partial charge in [-0.25, -0.2) is 0 Å². The second-order valence-electron chi connectivity index (χ2n) is 3.79. The molecule has 0 amide bonds. The van der Waals surface area contributed by atoms with Gasteiger partial charge in [0.25, 0.3) is 5.56 Å². The van der Waals surface area contributed by atoms with Crippen LogP contribution in [0, 0.1) is 0 Å². The average Bonchev–Trinajstić information content (AvgIpc) is 2.36. The number of hydrogen-bond donors (Lipinski definition) is 1. The topological polar surface area (TPSA) is 59.3 Å². The maximum absolute atomic E-state index is 11.9. The molecular formula is C13H13NO3S. The molecule has 2 rings (SSSR count). The van der Waals surface area contributed by atoms with Gasteiger partial charge in [0, 0.05) is 22.9 Å². The normalized spacial score (nSPS) is 10.7. The van der Waals surface area contributed by atoms with E-state index in [1.165, 1.54) is 17.8 Å². The molecule has 4 nitrogen and oxygen atoms in total. The minimum Gasteiger partial charge on any atom is -0.481 e. The first kappa shape index (κ1) is 12.7. The summed E-state index contributed by atoms with van der Waals surface area (Å²) in [4.78, 5) is 23.3. The second kappa shape index (κ2) is 5.27. The summed E-state index contributed by atoms with van der Waals surface area (Å²) in [6.45, 7) is 2.52. The molecule has 5 heteroatoms. The van der Waals surface area contributed by atoms with Crippen molar-refractivity contribution in [3.05, 3.63) is 40.7 Å². The van der Waals surface area contributed by atoms with Crippen molar-refractivity contribution in [2.45, 2.75) is 18.4 Å². The lowest BCUT2D eigenvalue weighted by atomic mass is 10.2. The third-order valence-electron chi connectivity index (χ3n) is 2.65. The Morgan fingerprint density at radius 2 is 2.11 bits per heavy atom. The van der Waals surface area contributed by atoms with Crippen molar-refractivity contribution < 1.29 is 9.90 Å². The Kier molecular flexibility index (Phi) is 3.72. The van der Waals surface area contributed by atoms with Gasteiger partial charge in [0.1, 0.15) is 0 Å². The van der Waals surface area contributed by atoms with E-state index >= 15 is 0 Å². The number of carboxylic acids is 1. The van der Waals surface area contributed by atoms with Crippen molar-refractivity contribution >= 4 is 28.6 Å². The van der Waals surface area contributed by atoms with Crippen LogP contribution in [0.1, 0.15) is 6.92 Å². The zero-order valence-electron chi connectivity index (χ0n) is 9.92. The van der Waals surface area contributed by atoms with Crippen molar-refractivity contribution in [2.75, 3.05) is 5.75 Å². The number of aliphatic carboxylic acids is 1. The Balaban J connectivity index is 2.61. The molecule has 0 aliphatic heterocycles. The van der Waals surface area contributed by atoms with Gasteiger partial charge in [-0.2, -0.15) is 0 Å². The zero-order chi connectivity index (χ0) is 13.1. The molecule has 1 aromatic heterocycles. The lowest BCUT2D eigenvalue weighted by molar-refractivity contribution is -0.133. The molecule has 0 bridgehead atoms. The van der Waals surface area contributed by atoms with Gasteiger partial charge in [0.05, 0.1) is 11.3 Å². The van der Waals surface area contributed by atoms with Crippen LogP contribution in [0.3, 0.4) is 0 Å². The van der Waals surface area contributed by atoms with Gasteiger partial charge in [0.15, 0.2) is 0 Å². The first-order chi connectivity index (χ1) is 8.63. The number of rotatable bonds is 4. The Morgan fingerprint density at radius 3 is 2.78 bits per heavy atom. The van der Waals surface area contributed by atoms with Gasteiger partial charge in [-0.15, -0.1) is 11.8 Å². The molecule has 0 radical (unpaired) electrons. The lowest BCUT2D eigenvalue weighted by Gasteiger charge is -2.10. The highest BCUT2D eigenvalue weighted by Crippen LogP contribution is 2.26. The van der Waals surface area contributed by atoms with Crippen LogP contribution >= 0.6 is 11.8 Å². The third kappa shape index (κ3) is 2.41. The number of benzene rings is 1. The highest BCUT2D eigenvalue weighted by Gasteiger charge is 2.09. The van der Waals surface area contributed by atoms with Crippen molar-refractivity contribution in [2.24, 2.45) is 0 Å². The summed E-state index contributed by atoms with van der Waals surface area (Å²) in [5, 5.41) is 9.63. The molecule has 2 aromatic rings. The number of aromatic nitrogens is 1. The van der Waals surface area contributed by atoms with Gasteiger partial charge >= 0.3 is 5.97 Å². The first-order valence-corrected chi connectivity index (χ1v) is 6.59. The third-order valence-corrected chi connectivity index (χ3v) is 3.69. The summed E-state index contributed by atoms with van der Waals surface area (Å²) < 4.78 is 1.68. The summed E-state index contributed by atoms with van der Waals surface area (Å²) in [5.74, 6) is -0.928. The first-order valence-electron chi connectivity index (χ1n) is 5.60. The fourth-order valence-corrected chi connectivity index (χ4v) is 2.68. The quantitative estimate of drug-likeness (QED) is 0.859.